The van der Waals surface area contributed by atoms with Gasteiger partial charge in [0.1, 0.15) is 5.75 Å². The molecule has 0 fully saturated rings. The number of aryl methyl sites for hydroxylation is 1. The Morgan fingerprint density at radius 1 is 1.44 bits per heavy atom. The van der Waals surface area contributed by atoms with Crippen LogP contribution < -0.4 is 4.74 Å². The summed E-state index contributed by atoms with van der Waals surface area (Å²) in [4.78, 5) is 11.5. The van der Waals surface area contributed by atoms with Gasteiger partial charge in [0, 0.05) is 5.33 Å². The van der Waals surface area contributed by atoms with E-state index < -0.39 is 0 Å². The largest absolute Gasteiger partial charge is 0.491 e. The van der Waals surface area contributed by atoms with Gasteiger partial charge in [0.05, 0.1) is 16.6 Å². The van der Waals surface area contributed by atoms with Crippen LogP contribution in [-0.4, -0.2) is 17.7 Å². The SMILES string of the molecule is CCc1cc(Br)c(OCCBr)c(C(C)=O)c1. The lowest BCUT2D eigenvalue weighted by molar-refractivity contribution is 0.101. The van der Waals surface area contributed by atoms with Crippen molar-refractivity contribution in [3.05, 3.63) is 27.7 Å². The molecule has 0 heterocycles. The number of alkyl halides is 1. The molecule has 0 aliphatic heterocycles. The Bertz CT molecular complexity index is 389. The Hall–Kier alpha value is -0.350. The van der Waals surface area contributed by atoms with Crippen LogP contribution in [0.2, 0.25) is 0 Å². The van der Waals surface area contributed by atoms with Gasteiger partial charge < -0.3 is 4.74 Å². The van der Waals surface area contributed by atoms with Gasteiger partial charge in [-0.25, -0.2) is 0 Å². The average Bonchev–Trinajstić information content (AvgIpc) is 2.26. The van der Waals surface area contributed by atoms with Gasteiger partial charge in [-0.3, -0.25) is 4.79 Å². The molecular weight excluding hydrogens is 336 g/mol. The minimum Gasteiger partial charge on any atom is -0.491 e. The Morgan fingerprint density at radius 2 is 2.12 bits per heavy atom. The third kappa shape index (κ3) is 3.32. The van der Waals surface area contributed by atoms with E-state index in [0.29, 0.717) is 17.9 Å². The van der Waals surface area contributed by atoms with Crippen molar-refractivity contribution in [3.8, 4) is 5.75 Å². The second kappa shape index (κ2) is 6.40. The van der Waals surface area contributed by atoms with Crippen LogP contribution in [-0.2, 0) is 6.42 Å². The zero-order valence-corrected chi connectivity index (χ0v) is 12.5. The van der Waals surface area contributed by atoms with Crippen LogP contribution >= 0.6 is 31.9 Å². The molecule has 2 nitrogen and oxygen atoms in total. The van der Waals surface area contributed by atoms with Crippen LogP contribution in [0.25, 0.3) is 0 Å². The lowest BCUT2D eigenvalue weighted by atomic mass is 10.1. The quantitative estimate of drug-likeness (QED) is 0.593. The van der Waals surface area contributed by atoms with E-state index in [0.717, 1.165) is 21.8 Å². The molecule has 1 rings (SSSR count). The molecule has 0 aromatic heterocycles. The van der Waals surface area contributed by atoms with Gasteiger partial charge in [-0.1, -0.05) is 22.9 Å². The minimum absolute atomic E-state index is 0.0283. The van der Waals surface area contributed by atoms with Crippen molar-refractivity contribution in [3.63, 3.8) is 0 Å². The molecule has 0 atom stereocenters. The molecule has 0 unspecified atom stereocenters. The number of carbonyl (C=O) groups excluding carboxylic acids is 1. The van der Waals surface area contributed by atoms with E-state index in [-0.39, 0.29) is 5.78 Å². The zero-order valence-electron chi connectivity index (χ0n) is 9.35. The van der Waals surface area contributed by atoms with E-state index in [4.69, 9.17) is 4.74 Å². The number of ketones is 1. The van der Waals surface area contributed by atoms with Crippen molar-refractivity contribution in [1.82, 2.24) is 0 Å². The van der Waals surface area contributed by atoms with E-state index in [1.54, 1.807) is 6.92 Å². The summed E-state index contributed by atoms with van der Waals surface area (Å²) in [5, 5.41) is 0.742. The summed E-state index contributed by atoms with van der Waals surface area (Å²) >= 11 is 6.74. The van der Waals surface area contributed by atoms with Crippen molar-refractivity contribution < 1.29 is 9.53 Å². The van der Waals surface area contributed by atoms with Crippen molar-refractivity contribution in [1.29, 1.82) is 0 Å². The fraction of sp³-hybridized carbons (Fsp3) is 0.417. The first-order valence-electron chi connectivity index (χ1n) is 5.12. The molecular formula is C12H14Br2O2. The molecule has 0 bridgehead atoms. The number of halogens is 2. The molecule has 0 amide bonds. The van der Waals surface area contributed by atoms with Crippen LogP contribution in [0.3, 0.4) is 0 Å². The van der Waals surface area contributed by atoms with Gasteiger partial charge in [0.15, 0.2) is 5.78 Å². The lowest BCUT2D eigenvalue weighted by Crippen LogP contribution is -2.05. The predicted octanol–water partition coefficient (Wildman–Crippen LogP) is 3.99. The van der Waals surface area contributed by atoms with Crippen LogP contribution in [0.4, 0.5) is 0 Å². The maximum atomic E-state index is 11.5. The molecule has 0 radical (unpaired) electrons. The highest BCUT2D eigenvalue weighted by Gasteiger charge is 2.13. The van der Waals surface area contributed by atoms with Gasteiger partial charge in [0.25, 0.3) is 0 Å². The highest BCUT2D eigenvalue weighted by Crippen LogP contribution is 2.31. The van der Waals surface area contributed by atoms with Crippen molar-refractivity contribution >= 4 is 37.6 Å². The van der Waals surface area contributed by atoms with Crippen LogP contribution in [0.1, 0.15) is 29.8 Å². The molecule has 0 saturated heterocycles. The maximum Gasteiger partial charge on any atom is 0.163 e. The van der Waals surface area contributed by atoms with Crippen molar-refractivity contribution in [2.24, 2.45) is 0 Å². The summed E-state index contributed by atoms with van der Waals surface area (Å²) < 4.78 is 6.41. The number of ether oxygens (including phenoxy) is 1. The van der Waals surface area contributed by atoms with E-state index in [9.17, 15) is 4.79 Å². The average molecular weight is 350 g/mol. The summed E-state index contributed by atoms with van der Waals surface area (Å²) in [5.41, 5.74) is 1.77. The fourth-order valence-corrected chi connectivity index (χ4v) is 2.19. The van der Waals surface area contributed by atoms with E-state index >= 15 is 0 Å². The molecule has 88 valence electrons. The van der Waals surface area contributed by atoms with Gasteiger partial charge in [-0.15, -0.1) is 0 Å². The van der Waals surface area contributed by atoms with Gasteiger partial charge >= 0.3 is 0 Å². The highest BCUT2D eigenvalue weighted by molar-refractivity contribution is 9.10. The smallest absolute Gasteiger partial charge is 0.163 e. The van der Waals surface area contributed by atoms with Crippen molar-refractivity contribution in [2.45, 2.75) is 20.3 Å². The summed E-state index contributed by atoms with van der Waals surface area (Å²) in [5.74, 6) is 0.671. The first-order valence-corrected chi connectivity index (χ1v) is 7.03. The Kier molecular flexibility index (Phi) is 5.49. The highest BCUT2D eigenvalue weighted by atomic mass is 79.9. The normalized spacial score (nSPS) is 10.2. The third-order valence-electron chi connectivity index (χ3n) is 2.21. The van der Waals surface area contributed by atoms with Crippen LogP contribution in [0, 0.1) is 0 Å². The van der Waals surface area contributed by atoms with Gasteiger partial charge in [0.2, 0.25) is 0 Å². The molecule has 0 spiro atoms. The summed E-state index contributed by atoms with van der Waals surface area (Å²) in [6.07, 6.45) is 0.900. The van der Waals surface area contributed by atoms with Crippen LogP contribution in [0.15, 0.2) is 16.6 Å². The Balaban J connectivity index is 3.17. The Morgan fingerprint density at radius 3 is 2.62 bits per heavy atom. The predicted molar refractivity (Wildman–Crippen MR) is 72.8 cm³/mol. The first-order chi connectivity index (χ1) is 7.60. The summed E-state index contributed by atoms with van der Waals surface area (Å²) in [7, 11) is 0. The third-order valence-corrected chi connectivity index (χ3v) is 3.13. The number of benzene rings is 1. The lowest BCUT2D eigenvalue weighted by Gasteiger charge is -2.12. The molecule has 0 aliphatic carbocycles. The first kappa shape index (κ1) is 13.7. The molecule has 0 saturated carbocycles. The molecule has 0 N–H and O–H groups in total. The molecule has 1 aromatic carbocycles. The van der Waals surface area contributed by atoms with E-state index in [1.807, 2.05) is 12.1 Å². The molecule has 1 aromatic rings. The fourth-order valence-electron chi connectivity index (χ4n) is 1.40. The number of hydrogen-bond donors (Lipinski definition) is 0. The maximum absolute atomic E-state index is 11.5. The van der Waals surface area contributed by atoms with Crippen molar-refractivity contribution in [2.75, 3.05) is 11.9 Å². The standard InChI is InChI=1S/C12H14Br2O2/c1-3-9-6-10(8(2)15)12(11(14)7-9)16-5-4-13/h6-7H,3-5H2,1-2H3. The number of rotatable bonds is 5. The van der Waals surface area contributed by atoms with E-state index in [1.165, 1.54) is 0 Å². The monoisotopic (exact) mass is 348 g/mol. The molecule has 16 heavy (non-hydrogen) atoms. The topological polar surface area (TPSA) is 26.3 Å². The summed E-state index contributed by atoms with van der Waals surface area (Å²) in [6.45, 7) is 4.16. The zero-order chi connectivity index (χ0) is 12.1. The van der Waals surface area contributed by atoms with E-state index in [2.05, 4.69) is 38.8 Å². The van der Waals surface area contributed by atoms with Crippen LogP contribution in [0.5, 0.6) is 5.75 Å². The second-order valence-electron chi connectivity index (χ2n) is 3.40. The molecule has 4 heteroatoms. The van der Waals surface area contributed by atoms with Gasteiger partial charge in [-0.05, 0) is 47.0 Å². The minimum atomic E-state index is 0.0283. The summed E-state index contributed by atoms with van der Waals surface area (Å²) in [6, 6.07) is 3.90. The number of Topliss-reactive ketones (excluding diaryl/α,β-unsaturated/α-hetero) is 1. The molecule has 0 aliphatic rings. The second-order valence-corrected chi connectivity index (χ2v) is 5.05. The number of hydrogen-bond acceptors (Lipinski definition) is 2. The Labute approximate surface area is 113 Å². The van der Waals surface area contributed by atoms with Gasteiger partial charge in [-0.2, -0.15) is 0 Å². The number of carbonyl (C=O) groups is 1.